The third kappa shape index (κ3) is 4.11. The molecule has 3 rings (SSSR count). The van der Waals surface area contributed by atoms with Gasteiger partial charge in [-0.25, -0.2) is 4.79 Å². The first kappa shape index (κ1) is 17.7. The van der Waals surface area contributed by atoms with Crippen LogP contribution in [0.3, 0.4) is 0 Å². The van der Waals surface area contributed by atoms with E-state index in [1.807, 2.05) is 0 Å². The van der Waals surface area contributed by atoms with Crippen LogP contribution in [0.2, 0.25) is 0 Å². The molecule has 0 radical (unpaired) electrons. The van der Waals surface area contributed by atoms with E-state index in [1.165, 1.54) is 0 Å². The van der Waals surface area contributed by atoms with Crippen LogP contribution in [0.25, 0.3) is 11.4 Å². The molecule has 2 N–H and O–H groups in total. The van der Waals surface area contributed by atoms with Crippen molar-refractivity contribution in [1.82, 2.24) is 15.5 Å². The van der Waals surface area contributed by atoms with Crippen molar-refractivity contribution in [1.29, 1.82) is 0 Å². The van der Waals surface area contributed by atoms with Crippen LogP contribution < -0.4 is 15.4 Å². The standard InChI is InChI=1S/C17H20N4O5/c1-9-18-14(21-26-9)10-5-6-13-11(7-10)19-15(22)12(8-24-13)20-16(23)25-17(2,3)4/h5-7,12H,8H2,1-4H3,(H,19,22)(H,20,23)/t12-/m1/s1. The van der Waals surface area contributed by atoms with Crippen molar-refractivity contribution < 1.29 is 23.6 Å². The third-order valence-electron chi connectivity index (χ3n) is 3.44. The molecule has 1 aliphatic rings. The molecule has 0 fully saturated rings. The molecule has 1 aliphatic heterocycles. The Morgan fingerprint density at radius 3 is 2.81 bits per heavy atom. The Labute approximate surface area is 150 Å². The van der Waals surface area contributed by atoms with Crippen LogP contribution in [0.1, 0.15) is 26.7 Å². The van der Waals surface area contributed by atoms with Crippen LogP contribution >= 0.6 is 0 Å². The Kier molecular flexibility index (Phi) is 4.54. The summed E-state index contributed by atoms with van der Waals surface area (Å²) in [5, 5.41) is 9.10. The van der Waals surface area contributed by atoms with Crippen molar-refractivity contribution >= 4 is 17.7 Å². The quantitative estimate of drug-likeness (QED) is 0.844. The first-order valence-corrected chi connectivity index (χ1v) is 8.09. The number of alkyl carbamates (subject to hydrolysis) is 1. The average molecular weight is 360 g/mol. The molecule has 138 valence electrons. The molecule has 0 unspecified atom stereocenters. The highest BCUT2D eigenvalue weighted by Crippen LogP contribution is 2.31. The van der Waals surface area contributed by atoms with Gasteiger partial charge in [0.25, 0.3) is 5.91 Å². The number of aryl methyl sites for hydroxylation is 1. The van der Waals surface area contributed by atoms with Gasteiger partial charge in [-0.3, -0.25) is 4.79 Å². The number of rotatable bonds is 2. The van der Waals surface area contributed by atoms with Gasteiger partial charge in [-0.15, -0.1) is 0 Å². The van der Waals surface area contributed by atoms with E-state index in [9.17, 15) is 9.59 Å². The molecular formula is C17H20N4O5. The minimum absolute atomic E-state index is 0.0151. The van der Waals surface area contributed by atoms with Gasteiger partial charge in [-0.2, -0.15) is 4.98 Å². The Hall–Kier alpha value is -3.10. The Morgan fingerprint density at radius 2 is 2.15 bits per heavy atom. The lowest BCUT2D eigenvalue weighted by Crippen LogP contribution is -2.48. The molecule has 1 aromatic carbocycles. The summed E-state index contributed by atoms with van der Waals surface area (Å²) in [5.74, 6) is 0.927. The number of hydrogen-bond donors (Lipinski definition) is 2. The average Bonchev–Trinajstić information content (AvgIpc) is 2.90. The molecule has 0 aliphatic carbocycles. The highest BCUT2D eigenvalue weighted by molar-refractivity contribution is 5.99. The molecule has 0 spiro atoms. The number of ether oxygens (including phenoxy) is 2. The highest BCUT2D eigenvalue weighted by atomic mass is 16.6. The van der Waals surface area contributed by atoms with Crippen LogP contribution in [0, 0.1) is 6.92 Å². The number of carbonyl (C=O) groups is 2. The number of aromatic nitrogens is 2. The minimum atomic E-state index is -0.881. The lowest BCUT2D eigenvalue weighted by atomic mass is 10.1. The molecule has 0 bridgehead atoms. The van der Waals surface area contributed by atoms with Crippen molar-refractivity contribution in [2.45, 2.75) is 39.3 Å². The van der Waals surface area contributed by atoms with E-state index in [4.69, 9.17) is 14.0 Å². The first-order chi connectivity index (χ1) is 12.2. The molecule has 1 atom stereocenters. The minimum Gasteiger partial charge on any atom is -0.489 e. The van der Waals surface area contributed by atoms with E-state index in [-0.39, 0.29) is 6.61 Å². The molecule has 0 saturated heterocycles. The number of nitrogens with one attached hydrogen (secondary N) is 2. The number of nitrogens with zero attached hydrogens (tertiary/aromatic N) is 2. The Balaban J connectivity index is 1.74. The fourth-order valence-electron chi connectivity index (χ4n) is 2.33. The lowest BCUT2D eigenvalue weighted by molar-refractivity contribution is -0.118. The fourth-order valence-corrected chi connectivity index (χ4v) is 2.33. The fraction of sp³-hybridized carbons (Fsp3) is 0.412. The predicted octanol–water partition coefficient (Wildman–Crippen LogP) is 2.27. The van der Waals surface area contributed by atoms with Crippen molar-refractivity contribution in [3.05, 3.63) is 24.1 Å². The second kappa shape index (κ2) is 6.66. The SMILES string of the molecule is Cc1nc(-c2ccc3c(c2)NC(=O)[C@H](NC(=O)OC(C)(C)C)CO3)no1. The summed E-state index contributed by atoms with van der Waals surface area (Å²) in [5.41, 5.74) is 0.471. The summed E-state index contributed by atoms with van der Waals surface area (Å²) in [4.78, 5) is 28.5. The van der Waals surface area contributed by atoms with Gasteiger partial charge in [0.1, 0.15) is 24.0 Å². The van der Waals surface area contributed by atoms with Gasteiger partial charge in [-0.1, -0.05) is 5.16 Å². The summed E-state index contributed by atoms with van der Waals surface area (Å²) in [6.45, 7) is 6.91. The molecule has 0 saturated carbocycles. The lowest BCUT2D eigenvalue weighted by Gasteiger charge is -2.22. The maximum Gasteiger partial charge on any atom is 0.408 e. The number of anilines is 1. The summed E-state index contributed by atoms with van der Waals surface area (Å²) < 4.78 is 15.8. The maximum atomic E-state index is 12.4. The van der Waals surface area contributed by atoms with Crippen LogP contribution in [0.4, 0.5) is 10.5 Å². The van der Waals surface area contributed by atoms with Crippen LogP contribution in [-0.2, 0) is 9.53 Å². The topological polar surface area (TPSA) is 116 Å². The van der Waals surface area contributed by atoms with E-state index < -0.39 is 23.6 Å². The molecule has 26 heavy (non-hydrogen) atoms. The number of carbonyl (C=O) groups excluding carboxylic acids is 2. The van der Waals surface area contributed by atoms with Gasteiger partial charge in [0, 0.05) is 12.5 Å². The third-order valence-corrected chi connectivity index (χ3v) is 3.44. The second-order valence-corrected chi connectivity index (χ2v) is 6.85. The van der Waals surface area contributed by atoms with Gasteiger partial charge in [-0.05, 0) is 39.0 Å². The number of fused-ring (bicyclic) bond motifs is 1. The van der Waals surface area contributed by atoms with Crippen molar-refractivity contribution in [2.75, 3.05) is 11.9 Å². The smallest absolute Gasteiger partial charge is 0.408 e. The van der Waals surface area contributed by atoms with Crippen molar-refractivity contribution in [3.8, 4) is 17.1 Å². The zero-order valence-corrected chi connectivity index (χ0v) is 15.0. The van der Waals surface area contributed by atoms with Gasteiger partial charge in [0.2, 0.25) is 11.7 Å². The van der Waals surface area contributed by atoms with Gasteiger partial charge in [0.15, 0.2) is 0 Å². The second-order valence-electron chi connectivity index (χ2n) is 6.85. The summed E-state index contributed by atoms with van der Waals surface area (Å²) in [7, 11) is 0. The van der Waals surface area contributed by atoms with Crippen LogP contribution in [0.5, 0.6) is 5.75 Å². The van der Waals surface area contributed by atoms with Gasteiger partial charge >= 0.3 is 6.09 Å². The molecule has 9 nitrogen and oxygen atoms in total. The largest absolute Gasteiger partial charge is 0.489 e. The van der Waals surface area contributed by atoms with E-state index in [0.29, 0.717) is 28.7 Å². The first-order valence-electron chi connectivity index (χ1n) is 8.09. The molecular weight excluding hydrogens is 340 g/mol. The van der Waals surface area contributed by atoms with Gasteiger partial charge < -0.3 is 24.6 Å². The molecule has 9 heteroatoms. The zero-order valence-electron chi connectivity index (χ0n) is 15.0. The predicted molar refractivity (Wildman–Crippen MR) is 91.8 cm³/mol. The van der Waals surface area contributed by atoms with E-state index in [0.717, 1.165) is 0 Å². The number of hydrogen-bond acceptors (Lipinski definition) is 7. The van der Waals surface area contributed by atoms with E-state index in [1.54, 1.807) is 45.9 Å². The zero-order chi connectivity index (χ0) is 18.9. The molecule has 2 heterocycles. The summed E-state index contributed by atoms with van der Waals surface area (Å²) >= 11 is 0. The van der Waals surface area contributed by atoms with E-state index in [2.05, 4.69) is 20.8 Å². The van der Waals surface area contributed by atoms with Gasteiger partial charge in [0.05, 0.1) is 5.69 Å². The van der Waals surface area contributed by atoms with E-state index >= 15 is 0 Å². The number of benzene rings is 1. The molecule has 2 amide bonds. The number of amides is 2. The van der Waals surface area contributed by atoms with Crippen LogP contribution in [0.15, 0.2) is 22.7 Å². The molecule has 2 aromatic rings. The monoisotopic (exact) mass is 360 g/mol. The Bertz CT molecular complexity index is 840. The Morgan fingerprint density at radius 1 is 1.38 bits per heavy atom. The maximum absolute atomic E-state index is 12.4. The van der Waals surface area contributed by atoms with Crippen molar-refractivity contribution in [2.24, 2.45) is 0 Å². The van der Waals surface area contributed by atoms with Crippen molar-refractivity contribution in [3.63, 3.8) is 0 Å². The summed E-state index contributed by atoms with van der Waals surface area (Å²) in [6.07, 6.45) is -0.685. The highest BCUT2D eigenvalue weighted by Gasteiger charge is 2.28. The normalized spacial score (nSPS) is 16.8. The molecule has 1 aromatic heterocycles. The van der Waals surface area contributed by atoms with Crippen LogP contribution in [-0.4, -0.2) is 40.4 Å². The summed E-state index contributed by atoms with van der Waals surface area (Å²) in [6, 6.07) is 4.27.